The highest BCUT2D eigenvalue weighted by Crippen LogP contribution is 2.23. The van der Waals surface area contributed by atoms with Gasteiger partial charge in [-0.15, -0.1) is 0 Å². The first kappa shape index (κ1) is 17.2. The third-order valence-electron chi connectivity index (χ3n) is 2.49. The SMILES string of the molecule is CB(COC(C)C)N/C=C(/CCC(C)(C)C)N=N. The van der Waals surface area contributed by atoms with E-state index >= 15 is 0 Å². The van der Waals surface area contributed by atoms with E-state index in [1.54, 1.807) is 0 Å². The summed E-state index contributed by atoms with van der Waals surface area (Å²) in [6.45, 7) is 13.6. The maximum Gasteiger partial charge on any atom is 0.274 e. The Morgan fingerprint density at radius 3 is 2.50 bits per heavy atom. The second kappa shape index (κ2) is 8.30. The fourth-order valence-corrected chi connectivity index (χ4v) is 1.29. The molecule has 0 fully saturated rings. The number of allylic oxidation sites excluding steroid dienone is 1. The molecule has 4 nitrogen and oxygen atoms in total. The van der Waals surface area contributed by atoms with Crippen LogP contribution in [0.4, 0.5) is 0 Å². The third kappa shape index (κ3) is 10.3. The summed E-state index contributed by atoms with van der Waals surface area (Å²) < 4.78 is 5.51. The topological polar surface area (TPSA) is 57.5 Å². The van der Waals surface area contributed by atoms with Gasteiger partial charge in [-0.1, -0.05) is 27.6 Å². The van der Waals surface area contributed by atoms with Crippen LogP contribution in [0.5, 0.6) is 0 Å². The second-order valence-electron chi connectivity index (χ2n) is 6.26. The molecule has 0 aliphatic rings. The molecule has 0 saturated carbocycles. The standard InChI is InChI=1S/C13H28BN3O/c1-11(2)18-10-14(6)16-9-12(17-15)7-8-13(3,4)5/h9,11,15-16H,7-8,10H2,1-6H3/b12-9-,17-15?. The summed E-state index contributed by atoms with van der Waals surface area (Å²) in [7, 11) is 0. The fraction of sp³-hybridized carbons (Fsp3) is 0.846. The van der Waals surface area contributed by atoms with Gasteiger partial charge in [0.15, 0.2) is 0 Å². The maximum atomic E-state index is 7.17. The van der Waals surface area contributed by atoms with Crippen LogP contribution < -0.4 is 5.23 Å². The molecule has 0 heterocycles. The van der Waals surface area contributed by atoms with Crippen molar-refractivity contribution in [3.8, 4) is 0 Å². The van der Waals surface area contributed by atoms with Gasteiger partial charge < -0.3 is 9.96 Å². The molecule has 18 heavy (non-hydrogen) atoms. The highest BCUT2D eigenvalue weighted by atomic mass is 16.5. The molecule has 0 aromatic rings. The van der Waals surface area contributed by atoms with Crippen LogP contribution in [0.25, 0.3) is 0 Å². The van der Waals surface area contributed by atoms with Gasteiger partial charge >= 0.3 is 0 Å². The monoisotopic (exact) mass is 253 g/mol. The number of nitrogens with one attached hydrogen (secondary N) is 2. The number of hydrogen-bond acceptors (Lipinski definition) is 4. The van der Waals surface area contributed by atoms with Gasteiger partial charge in [0.25, 0.3) is 6.85 Å². The first-order valence-corrected chi connectivity index (χ1v) is 6.69. The fourth-order valence-electron chi connectivity index (χ4n) is 1.29. The summed E-state index contributed by atoms with van der Waals surface area (Å²) in [5.41, 5.74) is 8.23. The summed E-state index contributed by atoms with van der Waals surface area (Å²) in [5.74, 6) is 0. The summed E-state index contributed by atoms with van der Waals surface area (Å²) in [6, 6.07) is 0. The van der Waals surface area contributed by atoms with Gasteiger partial charge in [0, 0.05) is 12.7 Å². The Bertz CT molecular complexity index is 272. The Morgan fingerprint density at radius 1 is 1.44 bits per heavy atom. The molecule has 0 aliphatic carbocycles. The van der Waals surface area contributed by atoms with Crippen molar-refractivity contribution in [3.05, 3.63) is 11.9 Å². The lowest BCUT2D eigenvalue weighted by Gasteiger charge is -2.17. The summed E-state index contributed by atoms with van der Waals surface area (Å²) in [4.78, 5) is 0. The Balaban J connectivity index is 4.07. The van der Waals surface area contributed by atoms with Gasteiger partial charge in [-0.05, 0) is 32.1 Å². The number of ether oxygens (including phenoxy) is 1. The highest BCUT2D eigenvalue weighted by Gasteiger charge is 2.12. The van der Waals surface area contributed by atoms with Crippen LogP contribution in [0, 0.1) is 10.9 Å². The molecule has 0 amide bonds. The minimum atomic E-state index is 0.235. The van der Waals surface area contributed by atoms with Crippen molar-refractivity contribution in [2.45, 2.75) is 60.4 Å². The molecule has 104 valence electrons. The van der Waals surface area contributed by atoms with Gasteiger partial charge in [-0.2, -0.15) is 5.11 Å². The van der Waals surface area contributed by atoms with Gasteiger partial charge in [0.05, 0.1) is 11.8 Å². The zero-order chi connectivity index (χ0) is 14.2. The number of nitrogens with zero attached hydrogens (tertiary/aromatic N) is 1. The van der Waals surface area contributed by atoms with Crippen molar-refractivity contribution in [2.75, 3.05) is 6.51 Å². The van der Waals surface area contributed by atoms with E-state index in [2.05, 4.69) is 37.9 Å². The molecule has 0 radical (unpaired) electrons. The van der Waals surface area contributed by atoms with Crippen molar-refractivity contribution in [3.63, 3.8) is 0 Å². The first-order valence-electron chi connectivity index (χ1n) is 6.69. The summed E-state index contributed by atoms with van der Waals surface area (Å²) >= 11 is 0. The molecule has 0 saturated heterocycles. The Morgan fingerprint density at radius 2 is 2.06 bits per heavy atom. The Kier molecular flexibility index (Phi) is 7.91. The quantitative estimate of drug-likeness (QED) is 0.509. The van der Waals surface area contributed by atoms with E-state index in [9.17, 15) is 0 Å². The lowest BCUT2D eigenvalue weighted by Crippen LogP contribution is -2.33. The van der Waals surface area contributed by atoms with Gasteiger partial charge in [-0.25, -0.2) is 5.53 Å². The maximum absolute atomic E-state index is 7.17. The molecule has 0 rings (SSSR count). The predicted octanol–water partition coefficient (Wildman–Crippen LogP) is 3.86. The largest absolute Gasteiger partial charge is 0.431 e. The van der Waals surface area contributed by atoms with E-state index < -0.39 is 0 Å². The van der Waals surface area contributed by atoms with E-state index in [0.29, 0.717) is 6.51 Å². The van der Waals surface area contributed by atoms with Crippen LogP contribution in [0.2, 0.25) is 6.82 Å². The van der Waals surface area contributed by atoms with Crippen molar-refractivity contribution in [1.82, 2.24) is 5.23 Å². The molecule has 2 N–H and O–H groups in total. The van der Waals surface area contributed by atoms with E-state index in [0.717, 1.165) is 18.5 Å². The number of hydrogen-bond donors (Lipinski definition) is 2. The van der Waals surface area contributed by atoms with Gasteiger partial charge in [0.2, 0.25) is 0 Å². The zero-order valence-corrected chi connectivity index (χ0v) is 12.7. The Labute approximate surface area is 112 Å². The molecule has 0 aliphatic heterocycles. The normalized spacial score (nSPS) is 12.7. The molecule has 0 aromatic carbocycles. The summed E-state index contributed by atoms with van der Waals surface area (Å²) in [5, 5.41) is 6.79. The zero-order valence-electron chi connectivity index (χ0n) is 12.7. The van der Waals surface area contributed by atoms with Crippen molar-refractivity contribution >= 4 is 6.85 Å². The van der Waals surface area contributed by atoms with Gasteiger partial charge in [0.1, 0.15) is 0 Å². The van der Waals surface area contributed by atoms with Crippen LogP contribution in [0.3, 0.4) is 0 Å². The first-order chi connectivity index (χ1) is 8.24. The van der Waals surface area contributed by atoms with E-state index in [1.807, 2.05) is 20.0 Å². The minimum Gasteiger partial charge on any atom is -0.431 e. The van der Waals surface area contributed by atoms with E-state index in [4.69, 9.17) is 10.3 Å². The molecule has 0 unspecified atom stereocenters. The second-order valence-corrected chi connectivity index (χ2v) is 6.26. The lowest BCUT2D eigenvalue weighted by molar-refractivity contribution is 0.113. The smallest absolute Gasteiger partial charge is 0.274 e. The van der Waals surface area contributed by atoms with Crippen LogP contribution in [0.1, 0.15) is 47.5 Å². The molecule has 5 heteroatoms. The van der Waals surface area contributed by atoms with Gasteiger partial charge in [-0.3, -0.25) is 0 Å². The Hall–Kier alpha value is -0.835. The van der Waals surface area contributed by atoms with Crippen LogP contribution in [-0.2, 0) is 4.74 Å². The van der Waals surface area contributed by atoms with E-state index in [1.165, 1.54) is 0 Å². The lowest BCUT2D eigenvalue weighted by atomic mass is 9.67. The van der Waals surface area contributed by atoms with Crippen LogP contribution >= 0.6 is 0 Å². The molecular formula is C13H28BN3O. The number of rotatable bonds is 8. The van der Waals surface area contributed by atoms with Crippen LogP contribution in [0.15, 0.2) is 17.0 Å². The molecule has 0 aromatic heterocycles. The average molecular weight is 253 g/mol. The molecule has 0 spiro atoms. The minimum absolute atomic E-state index is 0.235. The van der Waals surface area contributed by atoms with Crippen molar-refractivity contribution in [1.29, 1.82) is 5.53 Å². The predicted molar refractivity (Wildman–Crippen MR) is 77.8 cm³/mol. The molecule has 0 atom stereocenters. The van der Waals surface area contributed by atoms with E-state index in [-0.39, 0.29) is 18.4 Å². The molecule has 0 bridgehead atoms. The third-order valence-corrected chi connectivity index (χ3v) is 2.49. The van der Waals surface area contributed by atoms with Crippen molar-refractivity contribution in [2.24, 2.45) is 10.5 Å². The van der Waals surface area contributed by atoms with Crippen molar-refractivity contribution < 1.29 is 4.74 Å². The van der Waals surface area contributed by atoms with Crippen LogP contribution in [-0.4, -0.2) is 19.5 Å². The summed E-state index contributed by atoms with van der Waals surface area (Å²) in [6.07, 6.45) is 3.95. The average Bonchev–Trinajstić information content (AvgIpc) is 2.25. The molecular weight excluding hydrogens is 225 g/mol. The highest BCUT2D eigenvalue weighted by molar-refractivity contribution is 6.54.